The Bertz CT molecular complexity index is 765. The van der Waals surface area contributed by atoms with Gasteiger partial charge in [0.25, 0.3) is 11.8 Å². The molecule has 0 N–H and O–H groups in total. The Kier molecular flexibility index (Phi) is 4.02. The van der Waals surface area contributed by atoms with E-state index in [-0.39, 0.29) is 11.8 Å². The maximum Gasteiger partial charge on any atom is 0.262 e. The number of amides is 2. The minimum Gasteiger partial charge on any atom is -0.269 e. The standard InChI is InChI=1S/C19H19NO2S/c1-11-9-12(2)14(4)17(13(11)3)23-10-20-18(21)15-7-5-6-8-16(15)19(20)22/h5-9H,10H2,1-4H3. The summed E-state index contributed by atoms with van der Waals surface area (Å²) in [5.74, 6) is -0.0488. The molecule has 118 valence electrons. The molecular weight excluding hydrogens is 306 g/mol. The molecular formula is C19H19NO2S. The van der Waals surface area contributed by atoms with Crippen molar-refractivity contribution < 1.29 is 9.59 Å². The van der Waals surface area contributed by atoms with Crippen molar-refractivity contribution >= 4 is 23.6 Å². The highest BCUT2D eigenvalue weighted by atomic mass is 32.2. The van der Waals surface area contributed by atoms with E-state index in [0.717, 1.165) is 0 Å². The van der Waals surface area contributed by atoms with Gasteiger partial charge in [0.2, 0.25) is 0 Å². The number of benzene rings is 2. The lowest BCUT2D eigenvalue weighted by Gasteiger charge is -2.18. The van der Waals surface area contributed by atoms with E-state index in [1.54, 1.807) is 36.0 Å². The van der Waals surface area contributed by atoms with Gasteiger partial charge in [-0.3, -0.25) is 14.5 Å². The largest absolute Gasteiger partial charge is 0.269 e. The van der Waals surface area contributed by atoms with Gasteiger partial charge in [-0.1, -0.05) is 18.2 Å². The van der Waals surface area contributed by atoms with E-state index in [1.165, 1.54) is 32.0 Å². The summed E-state index contributed by atoms with van der Waals surface area (Å²) >= 11 is 1.56. The van der Waals surface area contributed by atoms with Gasteiger partial charge < -0.3 is 0 Å². The molecule has 1 aliphatic rings. The molecule has 0 aliphatic carbocycles. The highest BCUT2D eigenvalue weighted by molar-refractivity contribution is 7.99. The van der Waals surface area contributed by atoms with Crippen LogP contribution in [0, 0.1) is 27.7 Å². The SMILES string of the molecule is Cc1cc(C)c(C)c(SCN2C(=O)c3ccccc3C2=O)c1C. The summed E-state index contributed by atoms with van der Waals surface area (Å²) in [5.41, 5.74) is 5.92. The van der Waals surface area contributed by atoms with Crippen LogP contribution in [0.2, 0.25) is 0 Å². The summed E-state index contributed by atoms with van der Waals surface area (Å²) in [5, 5.41) is 0. The molecule has 0 aromatic heterocycles. The van der Waals surface area contributed by atoms with Crippen LogP contribution in [0.25, 0.3) is 0 Å². The van der Waals surface area contributed by atoms with Crippen molar-refractivity contribution in [3.05, 3.63) is 63.7 Å². The number of thioether (sulfide) groups is 1. The monoisotopic (exact) mass is 325 g/mol. The predicted octanol–water partition coefficient (Wildman–Crippen LogP) is 4.27. The average molecular weight is 325 g/mol. The molecule has 4 heteroatoms. The van der Waals surface area contributed by atoms with Crippen LogP contribution < -0.4 is 0 Å². The molecule has 3 rings (SSSR count). The van der Waals surface area contributed by atoms with Gasteiger partial charge in [0.1, 0.15) is 0 Å². The van der Waals surface area contributed by atoms with Crippen molar-refractivity contribution in [2.45, 2.75) is 32.6 Å². The summed E-state index contributed by atoms with van der Waals surface area (Å²) in [6, 6.07) is 9.19. The fraction of sp³-hybridized carbons (Fsp3) is 0.263. The van der Waals surface area contributed by atoms with Crippen LogP contribution in [0.15, 0.2) is 35.2 Å². The molecule has 0 saturated heterocycles. The lowest BCUT2D eigenvalue weighted by Crippen LogP contribution is -2.29. The first-order valence-electron chi connectivity index (χ1n) is 7.57. The lowest BCUT2D eigenvalue weighted by molar-refractivity contribution is 0.0684. The maximum absolute atomic E-state index is 12.4. The Morgan fingerprint density at radius 1 is 0.870 bits per heavy atom. The van der Waals surface area contributed by atoms with Crippen LogP contribution in [-0.2, 0) is 0 Å². The molecule has 0 fully saturated rings. The molecule has 1 heterocycles. The zero-order chi connectivity index (χ0) is 16.7. The number of nitrogens with zero attached hydrogens (tertiary/aromatic N) is 1. The van der Waals surface area contributed by atoms with Crippen molar-refractivity contribution in [2.24, 2.45) is 0 Å². The maximum atomic E-state index is 12.4. The molecule has 2 amide bonds. The number of carbonyl (C=O) groups is 2. The van der Waals surface area contributed by atoms with Gasteiger partial charge in [-0.15, -0.1) is 11.8 Å². The van der Waals surface area contributed by atoms with Crippen molar-refractivity contribution in [1.29, 1.82) is 0 Å². The second-order valence-corrected chi connectivity index (χ2v) is 6.90. The molecule has 0 atom stereocenters. The molecule has 1 aliphatic heterocycles. The quantitative estimate of drug-likeness (QED) is 0.625. The van der Waals surface area contributed by atoms with E-state index in [1.807, 2.05) is 0 Å². The summed E-state index contributed by atoms with van der Waals surface area (Å²) < 4.78 is 0. The Morgan fingerprint density at radius 2 is 1.35 bits per heavy atom. The molecule has 23 heavy (non-hydrogen) atoms. The van der Waals surface area contributed by atoms with Crippen molar-refractivity contribution in [2.75, 3.05) is 5.88 Å². The number of imide groups is 1. The Hall–Kier alpha value is -2.07. The molecule has 0 saturated carbocycles. The summed E-state index contributed by atoms with van der Waals surface area (Å²) in [7, 11) is 0. The molecule has 0 unspecified atom stereocenters. The normalized spacial score (nSPS) is 13.7. The first kappa shape index (κ1) is 15.8. The third kappa shape index (κ3) is 2.57. The van der Waals surface area contributed by atoms with Gasteiger partial charge in [0.15, 0.2) is 0 Å². The minimum absolute atomic E-state index is 0.196. The summed E-state index contributed by atoms with van der Waals surface area (Å²) in [6.45, 7) is 8.36. The van der Waals surface area contributed by atoms with Gasteiger partial charge in [-0.25, -0.2) is 0 Å². The second-order valence-electron chi connectivity index (χ2n) is 5.95. The summed E-state index contributed by atoms with van der Waals surface area (Å²) in [4.78, 5) is 27.4. The number of carbonyl (C=O) groups excluding carboxylic acids is 2. The van der Waals surface area contributed by atoms with Crippen LogP contribution in [0.1, 0.15) is 43.0 Å². The van der Waals surface area contributed by atoms with Crippen molar-refractivity contribution in [3.8, 4) is 0 Å². The molecule has 0 bridgehead atoms. The van der Waals surface area contributed by atoms with Gasteiger partial charge in [0, 0.05) is 4.90 Å². The number of fused-ring (bicyclic) bond motifs is 1. The smallest absolute Gasteiger partial charge is 0.262 e. The third-order valence-electron chi connectivity index (χ3n) is 4.51. The second kappa shape index (κ2) is 5.85. The van der Waals surface area contributed by atoms with E-state index in [0.29, 0.717) is 17.0 Å². The van der Waals surface area contributed by atoms with E-state index >= 15 is 0 Å². The van der Waals surface area contributed by atoms with Crippen LogP contribution in [0.4, 0.5) is 0 Å². The van der Waals surface area contributed by atoms with Crippen LogP contribution in [-0.4, -0.2) is 22.6 Å². The zero-order valence-electron chi connectivity index (χ0n) is 13.8. The van der Waals surface area contributed by atoms with Gasteiger partial charge in [-0.2, -0.15) is 0 Å². The molecule has 2 aromatic rings. The number of aryl methyl sites for hydroxylation is 2. The van der Waals surface area contributed by atoms with Crippen LogP contribution in [0.5, 0.6) is 0 Å². The average Bonchev–Trinajstić information content (AvgIpc) is 2.78. The Labute approximate surface area is 140 Å². The van der Waals surface area contributed by atoms with Crippen LogP contribution >= 0.6 is 11.8 Å². The highest BCUT2D eigenvalue weighted by Gasteiger charge is 2.35. The van der Waals surface area contributed by atoms with E-state index in [2.05, 4.69) is 33.8 Å². The Morgan fingerprint density at radius 3 is 1.83 bits per heavy atom. The number of hydrogen-bond donors (Lipinski definition) is 0. The molecule has 3 nitrogen and oxygen atoms in total. The van der Waals surface area contributed by atoms with Crippen LogP contribution in [0.3, 0.4) is 0 Å². The number of hydrogen-bond acceptors (Lipinski definition) is 3. The molecule has 2 aromatic carbocycles. The fourth-order valence-electron chi connectivity index (χ4n) is 2.88. The molecule has 0 spiro atoms. The van der Waals surface area contributed by atoms with Gasteiger partial charge in [-0.05, 0) is 62.1 Å². The first-order chi connectivity index (χ1) is 10.9. The van der Waals surface area contributed by atoms with E-state index in [4.69, 9.17) is 0 Å². The predicted molar refractivity (Wildman–Crippen MR) is 93.1 cm³/mol. The first-order valence-corrected chi connectivity index (χ1v) is 8.55. The third-order valence-corrected chi connectivity index (χ3v) is 5.80. The van der Waals surface area contributed by atoms with E-state index < -0.39 is 0 Å². The topological polar surface area (TPSA) is 37.4 Å². The van der Waals surface area contributed by atoms with Crippen molar-refractivity contribution in [1.82, 2.24) is 4.90 Å². The van der Waals surface area contributed by atoms with Crippen molar-refractivity contribution in [3.63, 3.8) is 0 Å². The zero-order valence-corrected chi connectivity index (χ0v) is 14.6. The molecule has 0 radical (unpaired) electrons. The lowest BCUT2D eigenvalue weighted by atomic mass is 10.0. The van der Waals surface area contributed by atoms with Gasteiger partial charge in [0.05, 0.1) is 17.0 Å². The van der Waals surface area contributed by atoms with Gasteiger partial charge >= 0.3 is 0 Å². The van der Waals surface area contributed by atoms with E-state index in [9.17, 15) is 9.59 Å². The minimum atomic E-state index is -0.196. The summed E-state index contributed by atoms with van der Waals surface area (Å²) in [6.07, 6.45) is 0. The Balaban J connectivity index is 1.86. The fourth-order valence-corrected chi connectivity index (χ4v) is 4.13. The highest BCUT2D eigenvalue weighted by Crippen LogP contribution is 2.33. The number of rotatable bonds is 3.